The van der Waals surface area contributed by atoms with Gasteiger partial charge in [-0.25, -0.2) is 22.5 Å². The number of benzene rings is 2. The number of anilines is 1. The Bertz CT molecular complexity index is 1190. The normalized spacial score (nSPS) is 15.4. The fourth-order valence-electron chi connectivity index (χ4n) is 3.60. The van der Waals surface area contributed by atoms with Gasteiger partial charge in [0.25, 0.3) is 0 Å². The van der Waals surface area contributed by atoms with Crippen molar-refractivity contribution in [3.05, 3.63) is 60.9 Å². The number of ether oxygens (including phenoxy) is 1. The van der Waals surface area contributed by atoms with E-state index in [1.54, 1.807) is 18.2 Å². The molecule has 0 radical (unpaired) electrons. The van der Waals surface area contributed by atoms with Crippen molar-refractivity contribution in [3.8, 4) is 11.4 Å². The van der Waals surface area contributed by atoms with Gasteiger partial charge in [-0.05, 0) is 55.3 Å². The van der Waals surface area contributed by atoms with Gasteiger partial charge < -0.3 is 10.1 Å². The zero-order valence-corrected chi connectivity index (χ0v) is 18.1. The Kier molecular flexibility index (Phi) is 6.19. The molecule has 2 aromatic carbocycles. The number of piperidine rings is 1. The zero-order chi connectivity index (χ0) is 22.7. The fourth-order valence-corrected chi connectivity index (χ4v) is 5.07. The topological polar surface area (TPSA) is 106 Å². The van der Waals surface area contributed by atoms with Crippen LogP contribution in [0.4, 0.5) is 10.1 Å². The van der Waals surface area contributed by atoms with Crippen molar-refractivity contribution in [2.45, 2.75) is 17.7 Å². The summed E-state index contributed by atoms with van der Waals surface area (Å²) in [7, 11) is -2.13. The number of halogens is 1. The first-order valence-corrected chi connectivity index (χ1v) is 11.4. The monoisotopic (exact) mass is 459 g/mol. The van der Waals surface area contributed by atoms with Crippen LogP contribution in [-0.4, -0.2) is 53.6 Å². The predicted octanol–water partition coefficient (Wildman–Crippen LogP) is 2.45. The molecule has 0 saturated carbocycles. The van der Waals surface area contributed by atoms with Crippen LogP contribution >= 0.6 is 0 Å². The third-order valence-electron chi connectivity index (χ3n) is 5.40. The highest BCUT2D eigenvalue weighted by atomic mass is 32.2. The van der Waals surface area contributed by atoms with E-state index in [0.29, 0.717) is 24.3 Å². The van der Waals surface area contributed by atoms with Gasteiger partial charge in [0.05, 0.1) is 12.0 Å². The first-order chi connectivity index (χ1) is 15.4. The first-order valence-electron chi connectivity index (χ1n) is 9.98. The minimum absolute atomic E-state index is 0.184. The molecule has 168 valence electrons. The van der Waals surface area contributed by atoms with Crippen LogP contribution < -0.4 is 10.1 Å². The second-order valence-electron chi connectivity index (χ2n) is 7.35. The lowest BCUT2D eigenvalue weighted by atomic mass is 9.97. The van der Waals surface area contributed by atoms with Gasteiger partial charge in [0.15, 0.2) is 5.82 Å². The largest absolute Gasteiger partial charge is 0.497 e. The SMILES string of the molecule is COc1ccc(S(=O)(=O)N2CCC(C(=O)Nc3ccc(-n4cncn4)c(F)c3)CC2)cc1. The average molecular weight is 460 g/mol. The van der Waals surface area contributed by atoms with Crippen molar-refractivity contribution in [2.75, 3.05) is 25.5 Å². The first kappa shape index (κ1) is 21.9. The number of nitrogens with one attached hydrogen (secondary N) is 1. The molecule has 1 saturated heterocycles. The van der Waals surface area contributed by atoms with Crippen molar-refractivity contribution in [2.24, 2.45) is 5.92 Å². The maximum Gasteiger partial charge on any atom is 0.243 e. The molecule has 0 spiro atoms. The van der Waals surface area contributed by atoms with E-state index in [1.165, 1.54) is 53.0 Å². The molecule has 0 aliphatic carbocycles. The lowest BCUT2D eigenvalue weighted by Crippen LogP contribution is -2.41. The van der Waals surface area contributed by atoms with Gasteiger partial charge in [0, 0.05) is 24.7 Å². The van der Waals surface area contributed by atoms with Crippen LogP contribution in [0.15, 0.2) is 60.0 Å². The predicted molar refractivity (Wildman–Crippen MR) is 114 cm³/mol. The number of hydrogen-bond donors (Lipinski definition) is 1. The molecule has 1 amide bonds. The Balaban J connectivity index is 1.36. The minimum atomic E-state index is -3.64. The maximum absolute atomic E-state index is 14.4. The molecular formula is C21H22FN5O4S. The summed E-state index contributed by atoms with van der Waals surface area (Å²) in [6, 6.07) is 10.5. The molecule has 1 aromatic heterocycles. The van der Waals surface area contributed by atoms with Gasteiger partial charge in [0.1, 0.15) is 24.1 Å². The van der Waals surface area contributed by atoms with Crippen LogP contribution in [-0.2, 0) is 14.8 Å². The Morgan fingerprint density at radius 1 is 1.16 bits per heavy atom. The van der Waals surface area contributed by atoms with E-state index in [2.05, 4.69) is 15.4 Å². The van der Waals surface area contributed by atoms with E-state index >= 15 is 0 Å². The number of amides is 1. The number of methoxy groups -OCH3 is 1. The highest BCUT2D eigenvalue weighted by Gasteiger charge is 2.32. The van der Waals surface area contributed by atoms with E-state index < -0.39 is 15.8 Å². The second kappa shape index (κ2) is 9.05. The van der Waals surface area contributed by atoms with Gasteiger partial charge in [-0.15, -0.1) is 0 Å². The number of nitrogens with zero attached hydrogens (tertiary/aromatic N) is 4. The number of sulfonamides is 1. The highest BCUT2D eigenvalue weighted by molar-refractivity contribution is 7.89. The van der Waals surface area contributed by atoms with Crippen LogP contribution in [0.2, 0.25) is 0 Å². The van der Waals surface area contributed by atoms with Crippen LogP contribution in [0.3, 0.4) is 0 Å². The van der Waals surface area contributed by atoms with E-state index in [0.717, 1.165) is 0 Å². The fraction of sp³-hybridized carbons (Fsp3) is 0.286. The van der Waals surface area contributed by atoms with E-state index in [4.69, 9.17) is 4.74 Å². The summed E-state index contributed by atoms with van der Waals surface area (Å²) in [5.74, 6) is -0.603. The van der Waals surface area contributed by atoms with Gasteiger partial charge in [-0.1, -0.05) is 0 Å². The molecule has 3 aromatic rings. The molecule has 11 heteroatoms. The van der Waals surface area contributed by atoms with Crippen molar-refractivity contribution in [3.63, 3.8) is 0 Å². The molecule has 9 nitrogen and oxygen atoms in total. The Morgan fingerprint density at radius 3 is 2.47 bits per heavy atom. The summed E-state index contributed by atoms with van der Waals surface area (Å²) in [6.45, 7) is 0.456. The summed E-state index contributed by atoms with van der Waals surface area (Å²) >= 11 is 0. The van der Waals surface area contributed by atoms with Gasteiger partial charge in [-0.2, -0.15) is 9.40 Å². The van der Waals surface area contributed by atoms with E-state index in [9.17, 15) is 17.6 Å². The summed E-state index contributed by atoms with van der Waals surface area (Å²) in [4.78, 5) is 16.6. The number of hydrogen-bond acceptors (Lipinski definition) is 6. The maximum atomic E-state index is 14.4. The number of aromatic nitrogens is 3. The molecule has 0 atom stereocenters. The molecule has 1 aliphatic rings. The van der Waals surface area contributed by atoms with Crippen molar-refractivity contribution < 1.29 is 22.3 Å². The summed E-state index contributed by atoms with van der Waals surface area (Å²) in [6.07, 6.45) is 3.43. The molecule has 4 rings (SSSR count). The Morgan fingerprint density at radius 2 is 1.88 bits per heavy atom. The summed E-state index contributed by atoms with van der Waals surface area (Å²) in [5.41, 5.74) is 0.544. The lowest BCUT2D eigenvalue weighted by molar-refractivity contribution is -0.120. The summed E-state index contributed by atoms with van der Waals surface area (Å²) in [5, 5.41) is 6.60. The van der Waals surface area contributed by atoms with Crippen LogP contribution in [0, 0.1) is 11.7 Å². The van der Waals surface area contributed by atoms with Crippen LogP contribution in [0.1, 0.15) is 12.8 Å². The second-order valence-corrected chi connectivity index (χ2v) is 9.29. The standard InChI is InChI=1S/C21H22FN5O4S/c1-31-17-3-5-18(6-4-17)32(29,30)26-10-8-15(9-11-26)21(28)25-16-2-7-20(19(22)12-16)27-14-23-13-24-27/h2-7,12-15H,8-11H2,1H3,(H,25,28). The third kappa shape index (κ3) is 4.48. The minimum Gasteiger partial charge on any atom is -0.497 e. The number of carbonyl (C=O) groups is 1. The van der Waals surface area contributed by atoms with Crippen molar-refractivity contribution in [1.29, 1.82) is 0 Å². The zero-order valence-electron chi connectivity index (χ0n) is 17.3. The van der Waals surface area contributed by atoms with Gasteiger partial charge in [-0.3, -0.25) is 4.79 Å². The molecule has 0 unspecified atom stereocenters. The lowest BCUT2D eigenvalue weighted by Gasteiger charge is -2.30. The van der Waals surface area contributed by atoms with E-state index in [1.807, 2.05) is 0 Å². The van der Waals surface area contributed by atoms with Gasteiger partial charge >= 0.3 is 0 Å². The molecule has 1 fully saturated rings. The molecule has 32 heavy (non-hydrogen) atoms. The smallest absolute Gasteiger partial charge is 0.243 e. The third-order valence-corrected chi connectivity index (χ3v) is 7.32. The quantitative estimate of drug-likeness (QED) is 0.607. The Hall–Kier alpha value is -3.31. The van der Waals surface area contributed by atoms with Crippen molar-refractivity contribution >= 4 is 21.6 Å². The van der Waals surface area contributed by atoms with E-state index in [-0.39, 0.29) is 35.5 Å². The Labute approximate surface area is 184 Å². The molecule has 1 aliphatic heterocycles. The molecule has 2 heterocycles. The summed E-state index contributed by atoms with van der Waals surface area (Å²) < 4.78 is 47.8. The van der Waals surface area contributed by atoms with Crippen LogP contribution in [0.25, 0.3) is 5.69 Å². The molecule has 1 N–H and O–H groups in total. The number of rotatable bonds is 6. The average Bonchev–Trinajstić information content (AvgIpc) is 3.34. The molecule has 0 bridgehead atoms. The van der Waals surface area contributed by atoms with Crippen molar-refractivity contribution in [1.82, 2.24) is 19.1 Å². The highest BCUT2D eigenvalue weighted by Crippen LogP contribution is 2.26. The molecular weight excluding hydrogens is 437 g/mol. The van der Waals surface area contributed by atoms with Crippen LogP contribution in [0.5, 0.6) is 5.75 Å². The number of carbonyl (C=O) groups excluding carboxylic acids is 1. The van der Waals surface area contributed by atoms with Gasteiger partial charge in [0.2, 0.25) is 15.9 Å².